The number of benzene rings is 1. The second kappa shape index (κ2) is 6.53. The molecule has 1 aromatic carbocycles. The van der Waals surface area contributed by atoms with E-state index in [0.29, 0.717) is 11.4 Å². The first-order chi connectivity index (χ1) is 8.88. The lowest BCUT2D eigenvalue weighted by molar-refractivity contribution is -0.136. The number of nitrogens with one attached hydrogen (secondary N) is 3. The third-order valence-electron chi connectivity index (χ3n) is 2.07. The molecule has 19 heavy (non-hydrogen) atoms. The van der Waals surface area contributed by atoms with Crippen molar-refractivity contribution >= 4 is 29.1 Å². The number of carbonyl (C=O) groups is 3. The van der Waals surface area contributed by atoms with Crippen molar-refractivity contribution in [3.05, 3.63) is 24.3 Å². The predicted molar refractivity (Wildman–Crippen MR) is 72.7 cm³/mol. The van der Waals surface area contributed by atoms with E-state index in [4.69, 9.17) is 0 Å². The second-order valence-corrected chi connectivity index (χ2v) is 4.34. The monoisotopic (exact) mass is 263 g/mol. The minimum absolute atomic E-state index is 0.107. The van der Waals surface area contributed by atoms with E-state index in [-0.39, 0.29) is 11.9 Å². The average Bonchev–Trinajstić information content (AvgIpc) is 2.27. The van der Waals surface area contributed by atoms with Gasteiger partial charge in [0.2, 0.25) is 5.91 Å². The highest BCUT2D eigenvalue weighted by molar-refractivity contribution is 6.39. The molecule has 1 aromatic rings. The number of carbonyl (C=O) groups excluding carboxylic acids is 3. The third kappa shape index (κ3) is 5.20. The van der Waals surface area contributed by atoms with Gasteiger partial charge in [-0.2, -0.15) is 0 Å². The van der Waals surface area contributed by atoms with E-state index in [2.05, 4.69) is 16.0 Å². The average molecular weight is 263 g/mol. The Balaban J connectivity index is 2.69. The van der Waals surface area contributed by atoms with Crippen molar-refractivity contribution in [2.45, 2.75) is 26.8 Å². The molecule has 0 spiro atoms. The highest BCUT2D eigenvalue weighted by Crippen LogP contribution is 2.14. The molecular weight excluding hydrogens is 246 g/mol. The van der Waals surface area contributed by atoms with E-state index in [9.17, 15) is 14.4 Å². The lowest BCUT2D eigenvalue weighted by Crippen LogP contribution is -2.39. The molecule has 1 rings (SSSR count). The molecule has 0 fully saturated rings. The number of rotatable bonds is 3. The molecule has 0 saturated carbocycles. The summed E-state index contributed by atoms with van der Waals surface area (Å²) in [5.74, 6) is -1.64. The Morgan fingerprint density at radius 1 is 1.00 bits per heavy atom. The fourth-order valence-electron chi connectivity index (χ4n) is 1.39. The molecule has 0 bridgehead atoms. The van der Waals surface area contributed by atoms with Crippen LogP contribution in [0.4, 0.5) is 11.4 Å². The first kappa shape index (κ1) is 14.7. The van der Waals surface area contributed by atoms with Crippen LogP contribution in [0.3, 0.4) is 0 Å². The molecule has 0 heterocycles. The number of anilines is 2. The lowest BCUT2D eigenvalue weighted by atomic mass is 10.2. The molecule has 102 valence electrons. The zero-order chi connectivity index (χ0) is 14.4. The Morgan fingerprint density at radius 2 is 1.58 bits per heavy atom. The van der Waals surface area contributed by atoms with Gasteiger partial charge in [0.1, 0.15) is 0 Å². The fourth-order valence-corrected chi connectivity index (χ4v) is 1.39. The van der Waals surface area contributed by atoms with Gasteiger partial charge in [-0.15, -0.1) is 0 Å². The zero-order valence-electron chi connectivity index (χ0n) is 11.1. The van der Waals surface area contributed by atoms with Crippen molar-refractivity contribution in [1.29, 1.82) is 0 Å². The molecule has 0 aliphatic heterocycles. The van der Waals surface area contributed by atoms with E-state index in [1.807, 2.05) is 0 Å². The first-order valence-electron chi connectivity index (χ1n) is 5.88. The van der Waals surface area contributed by atoms with Gasteiger partial charge in [-0.05, 0) is 32.0 Å². The van der Waals surface area contributed by atoms with Crippen LogP contribution in [0.15, 0.2) is 24.3 Å². The van der Waals surface area contributed by atoms with Crippen LogP contribution in [0, 0.1) is 0 Å². The molecule has 0 saturated heterocycles. The second-order valence-electron chi connectivity index (χ2n) is 4.34. The molecule has 3 amide bonds. The molecule has 0 unspecified atom stereocenters. The number of hydrogen-bond acceptors (Lipinski definition) is 3. The fraction of sp³-hybridized carbons (Fsp3) is 0.308. The smallest absolute Gasteiger partial charge is 0.313 e. The minimum Gasteiger partial charge on any atom is -0.346 e. The SMILES string of the molecule is CC(=O)Nc1cccc(NC(=O)C(=O)NC(C)C)c1. The van der Waals surface area contributed by atoms with Crippen molar-refractivity contribution in [2.24, 2.45) is 0 Å². The molecular formula is C13H17N3O3. The van der Waals surface area contributed by atoms with Gasteiger partial charge in [-0.25, -0.2) is 0 Å². The van der Waals surface area contributed by atoms with Crippen LogP contribution in [-0.2, 0) is 14.4 Å². The highest BCUT2D eigenvalue weighted by atomic mass is 16.2. The summed E-state index contributed by atoms with van der Waals surface area (Å²) < 4.78 is 0. The van der Waals surface area contributed by atoms with Gasteiger partial charge in [0, 0.05) is 24.3 Å². The molecule has 0 radical (unpaired) electrons. The summed E-state index contributed by atoms with van der Waals surface area (Å²) in [6, 6.07) is 6.45. The van der Waals surface area contributed by atoms with Gasteiger partial charge in [-0.3, -0.25) is 14.4 Å². The lowest BCUT2D eigenvalue weighted by Gasteiger charge is -2.09. The van der Waals surface area contributed by atoms with E-state index in [1.165, 1.54) is 6.92 Å². The summed E-state index contributed by atoms with van der Waals surface area (Å²) in [7, 11) is 0. The maximum atomic E-state index is 11.6. The summed E-state index contributed by atoms with van der Waals surface area (Å²) >= 11 is 0. The molecule has 0 aliphatic rings. The van der Waals surface area contributed by atoms with Crippen molar-refractivity contribution in [3.8, 4) is 0 Å². The molecule has 6 nitrogen and oxygen atoms in total. The summed E-state index contributed by atoms with van der Waals surface area (Å²) in [5, 5.41) is 7.54. The Hall–Kier alpha value is -2.37. The maximum absolute atomic E-state index is 11.6. The largest absolute Gasteiger partial charge is 0.346 e. The summed E-state index contributed by atoms with van der Waals surface area (Å²) in [4.78, 5) is 33.9. The van der Waals surface area contributed by atoms with E-state index in [0.717, 1.165) is 0 Å². The Morgan fingerprint density at radius 3 is 2.11 bits per heavy atom. The number of amides is 3. The Kier molecular flexibility index (Phi) is 5.05. The summed E-state index contributed by atoms with van der Waals surface area (Å²) in [5.41, 5.74) is 0.990. The van der Waals surface area contributed by atoms with Crippen LogP contribution in [0.5, 0.6) is 0 Å². The van der Waals surface area contributed by atoms with Crippen LogP contribution < -0.4 is 16.0 Å². The van der Waals surface area contributed by atoms with Gasteiger partial charge >= 0.3 is 11.8 Å². The van der Waals surface area contributed by atoms with Crippen LogP contribution in [0.25, 0.3) is 0 Å². The van der Waals surface area contributed by atoms with Gasteiger partial charge < -0.3 is 16.0 Å². The van der Waals surface area contributed by atoms with Gasteiger partial charge in [0.05, 0.1) is 0 Å². The molecule has 0 atom stereocenters. The van der Waals surface area contributed by atoms with Crippen LogP contribution in [-0.4, -0.2) is 23.8 Å². The Labute approximate surface area is 111 Å². The van der Waals surface area contributed by atoms with Crippen molar-refractivity contribution in [2.75, 3.05) is 10.6 Å². The van der Waals surface area contributed by atoms with Gasteiger partial charge in [0.15, 0.2) is 0 Å². The molecule has 3 N–H and O–H groups in total. The standard InChI is InChI=1S/C13H17N3O3/c1-8(2)14-12(18)13(19)16-11-6-4-5-10(7-11)15-9(3)17/h4-8H,1-3H3,(H,14,18)(H,15,17)(H,16,19). The molecule has 0 aromatic heterocycles. The van der Waals surface area contributed by atoms with Crippen LogP contribution in [0.1, 0.15) is 20.8 Å². The van der Waals surface area contributed by atoms with Crippen LogP contribution in [0.2, 0.25) is 0 Å². The quantitative estimate of drug-likeness (QED) is 0.714. The predicted octanol–water partition coefficient (Wildman–Crippen LogP) is 1.11. The zero-order valence-corrected chi connectivity index (χ0v) is 11.1. The third-order valence-corrected chi connectivity index (χ3v) is 2.07. The van der Waals surface area contributed by atoms with Crippen molar-refractivity contribution < 1.29 is 14.4 Å². The molecule has 0 aliphatic carbocycles. The Bertz CT molecular complexity index is 498. The normalized spacial score (nSPS) is 9.89. The first-order valence-corrected chi connectivity index (χ1v) is 5.88. The van der Waals surface area contributed by atoms with Crippen LogP contribution >= 0.6 is 0 Å². The summed E-state index contributed by atoms with van der Waals surface area (Å²) in [6.45, 7) is 4.92. The molecule has 6 heteroatoms. The van der Waals surface area contributed by atoms with Gasteiger partial charge in [-0.1, -0.05) is 6.07 Å². The van der Waals surface area contributed by atoms with Gasteiger partial charge in [0.25, 0.3) is 0 Å². The van der Waals surface area contributed by atoms with Crippen molar-refractivity contribution in [1.82, 2.24) is 5.32 Å². The summed E-state index contributed by atoms with van der Waals surface area (Å²) in [6.07, 6.45) is 0. The highest BCUT2D eigenvalue weighted by Gasteiger charge is 2.14. The minimum atomic E-state index is -0.742. The van der Waals surface area contributed by atoms with E-state index >= 15 is 0 Å². The topological polar surface area (TPSA) is 87.3 Å². The maximum Gasteiger partial charge on any atom is 0.313 e. The van der Waals surface area contributed by atoms with E-state index in [1.54, 1.807) is 38.1 Å². The van der Waals surface area contributed by atoms with E-state index < -0.39 is 11.8 Å². The number of hydrogen-bond donors (Lipinski definition) is 3. The van der Waals surface area contributed by atoms with Crippen molar-refractivity contribution in [3.63, 3.8) is 0 Å².